The van der Waals surface area contributed by atoms with Gasteiger partial charge in [-0.3, -0.25) is 24.0 Å². The fourth-order valence-corrected chi connectivity index (χ4v) is 8.33. The fourth-order valence-electron chi connectivity index (χ4n) is 8.33. The van der Waals surface area contributed by atoms with E-state index in [2.05, 4.69) is 0 Å². The van der Waals surface area contributed by atoms with Crippen LogP contribution >= 0.6 is 0 Å². The van der Waals surface area contributed by atoms with E-state index in [-0.39, 0.29) is 24.2 Å². The van der Waals surface area contributed by atoms with Crippen LogP contribution < -0.4 is 4.74 Å². The minimum absolute atomic E-state index is 0.0110. The zero-order valence-electron chi connectivity index (χ0n) is 24.2. The van der Waals surface area contributed by atoms with Crippen molar-refractivity contribution in [3.8, 4) is 22.6 Å². The summed E-state index contributed by atoms with van der Waals surface area (Å²) in [7, 11) is 0. The average molecular weight is 561 g/mol. The van der Waals surface area contributed by atoms with E-state index < -0.39 is 69.0 Å². The highest BCUT2D eigenvalue weighted by Crippen LogP contribution is 2.64. The maximum absolute atomic E-state index is 14.4. The molecule has 0 aliphatic heterocycles. The van der Waals surface area contributed by atoms with Gasteiger partial charge in [-0.2, -0.15) is 0 Å². The van der Waals surface area contributed by atoms with Crippen LogP contribution in [0.4, 0.5) is 0 Å². The van der Waals surface area contributed by atoms with E-state index in [9.17, 15) is 34.2 Å². The van der Waals surface area contributed by atoms with E-state index in [1.165, 1.54) is 6.07 Å². The van der Waals surface area contributed by atoms with E-state index in [0.29, 0.717) is 23.5 Å². The Morgan fingerprint density at radius 3 is 2.37 bits per heavy atom. The Labute approximate surface area is 239 Å². The lowest BCUT2D eigenvalue weighted by Crippen LogP contribution is -2.76. The summed E-state index contributed by atoms with van der Waals surface area (Å²) >= 11 is 0. The van der Waals surface area contributed by atoms with Crippen molar-refractivity contribution in [2.45, 2.75) is 60.0 Å². The first-order chi connectivity index (χ1) is 19.1. The quantitative estimate of drug-likeness (QED) is 0.521. The van der Waals surface area contributed by atoms with Gasteiger partial charge in [-0.15, -0.1) is 0 Å². The lowest BCUT2D eigenvalue weighted by Gasteiger charge is -2.61. The van der Waals surface area contributed by atoms with Crippen LogP contribution in [0, 0.1) is 34.5 Å². The monoisotopic (exact) mass is 560 g/mol. The topological polar surface area (TPSA) is 135 Å². The van der Waals surface area contributed by atoms with Crippen molar-refractivity contribution >= 4 is 28.9 Å². The molecule has 3 aliphatic carbocycles. The first-order valence-corrected chi connectivity index (χ1v) is 14.1. The number of phenolic OH excluding ortho intramolecular Hbond substituents is 1. The van der Waals surface area contributed by atoms with E-state index in [1.54, 1.807) is 33.8 Å². The highest BCUT2D eigenvalue weighted by atomic mass is 16.5. The third-order valence-electron chi connectivity index (χ3n) is 9.72. The van der Waals surface area contributed by atoms with Crippen molar-refractivity contribution in [2.24, 2.45) is 34.5 Å². The number of hydrogen-bond acceptors (Lipinski definition) is 8. The first kappa shape index (κ1) is 28.9. The Morgan fingerprint density at radius 2 is 1.76 bits per heavy atom. The molecular formula is C33H36O8. The summed E-state index contributed by atoms with van der Waals surface area (Å²) in [6.45, 7) is 10.3. The number of aromatic hydroxyl groups is 1. The Morgan fingerprint density at radius 1 is 1.07 bits per heavy atom. The molecule has 2 aromatic carbocycles. The summed E-state index contributed by atoms with van der Waals surface area (Å²) in [6.07, 6.45) is 0.194. The van der Waals surface area contributed by atoms with Gasteiger partial charge in [0.05, 0.1) is 18.1 Å². The molecule has 0 spiro atoms. The first-order valence-electron chi connectivity index (χ1n) is 14.1. The second-order valence-electron chi connectivity index (χ2n) is 12.8. The van der Waals surface area contributed by atoms with Crippen molar-refractivity contribution in [3.63, 3.8) is 0 Å². The second-order valence-corrected chi connectivity index (χ2v) is 12.8. The highest BCUT2D eigenvalue weighted by molar-refractivity contribution is 6.32. The van der Waals surface area contributed by atoms with Crippen LogP contribution in [0.15, 0.2) is 36.4 Å². The van der Waals surface area contributed by atoms with Gasteiger partial charge in [-0.05, 0) is 72.9 Å². The molecule has 2 aromatic rings. The van der Waals surface area contributed by atoms with Gasteiger partial charge in [0.25, 0.3) is 0 Å². The van der Waals surface area contributed by atoms with Crippen LogP contribution in [0.5, 0.6) is 11.5 Å². The molecule has 0 bridgehead atoms. The summed E-state index contributed by atoms with van der Waals surface area (Å²) in [6, 6.07) is 10.5. The largest absolute Gasteiger partial charge is 0.507 e. The molecule has 2 fully saturated rings. The molecule has 5 rings (SSSR count). The molecule has 0 amide bonds. The highest BCUT2D eigenvalue weighted by Gasteiger charge is 2.76. The van der Waals surface area contributed by atoms with Gasteiger partial charge < -0.3 is 14.9 Å². The standard InChI is InChI=1S/C33H36O8/c1-7-41-19-10-8-9-18(13-19)20-11-12-22(35)24-21(20)14-31(5)15-32(6)25(16(2)3)27(36)23(17(4)34)29(38)33(32,40)30(39)26(31)28(24)37/h8-13,16,23,25-26,35,40H,7,14-15H2,1-6H3/t23?,25?,26?,31-,32-,33+/m1/s1. The third-order valence-corrected chi connectivity index (χ3v) is 9.72. The second kappa shape index (κ2) is 9.44. The van der Waals surface area contributed by atoms with Gasteiger partial charge in [-0.1, -0.05) is 45.9 Å². The smallest absolute Gasteiger partial charge is 0.190 e. The minimum atomic E-state index is -2.71. The van der Waals surface area contributed by atoms with Gasteiger partial charge in [0.1, 0.15) is 23.2 Å². The van der Waals surface area contributed by atoms with Crippen molar-refractivity contribution in [3.05, 3.63) is 47.5 Å². The number of benzene rings is 2. The number of hydrogen-bond donors (Lipinski definition) is 2. The fraction of sp³-hybridized carbons (Fsp3) is 0.485. The molecular weight excluding hydrogens is 524 g/mol. The molecule has 2 saturated carbocycles. The predicted octanol–water partition coefficient (Wildman–Crippen LogP) is 4.16. The van der Waals surface area contributed by atoms with Crippen LogP contribution in [-0.4, -0.2) is 51.3 Å². The summed E-state index contributed by atoms with van der Waals surface area (Å²) < 4.78 is 5.66. The maximum Gasteiger partial charge on any atom is 0.190 e. The van der Waals surface area contributed by atoms with Crippen molar-refractivity contribution in [2.75, 3.05) is 6.61 Å². The van der Waals surface area contributed by atoms with Crippen LogP contribution in [0.25, 0.3) is 11.1 Å². The number of phenols is 1. The number of carbonyl (C=O) groups is 5. The Hall–Kier alpha value is -3.65. The molecule has 0 saturated heterocycles. The van der Waals surface area contributed by atoms with Gasteiger partial charge in [-0.25, -0.2) is 0 Å². The Kier molecular flexibility index (Phi) is 6.65. The molecule has 6 atom stereocenters. The van der Waals surface area contributed by atoms with Crippen molar-refractivity contribution in [1.82, 2.24) is 0 Å². The number of ether oxygens (including phenoxy) is 1. The number of rotatable bonds is 5. The van der Waals surface area contributed by atoms with Crippen LogP contribution in [0.2, 0.25) is 0 Å². The normalized spacial score (nSPS) is 32.8. The predicted molar refractivity (Wildman–Crippen MR) is 150 cm³/mol. The molecule has 8 heteroatoms. The van der Waals surface area contributed by atoms with Crippen molar-refractivity contribution in [1.29, 1.82) is 0 Å². The average Bonchev–Trinajstić information content (AvgIpc) is 2.86. The van der Waals surface area contributed by atoms with E-state index in [4.69, 9.17) is 4.74 Å². The molecule has 216 valence electrons. The minimum Gasteiger partial charge on any atom is -0.507 e. The van der Waals surface area contributed by atoms with E-state index in [1.807, 2.05) is 31.2 Å². The lowest BCUT2D eigenvalue weighted by molar-refractivity contribution is -0.205. The molecule has 41 heavy (non-hydrogen) atoms. The van der Waals surface area contributed by atoms with E-state index >= 15 is 0 Å². The molecule has 0 aromatic heterocycles. The molecule has 3 aliphatic rings. The zero-order chi connectivity index (χ0) is 30.2. The third kappa shape index (κ3) is 3.79. The van der Waals surface area contributed by atoms with Gasteiger partial charge in [0.2, 0.25) is 0 Å². The van der Waals surface area contributed by atoms with Gasteiger partial charge in [0.15, 0.2) is 28.7 Å². The number of aliphatic hydroxyl groups is 1. The number of carbonyl (C=O) groups excluding carboxylic acids is 5. The van der Waals surface area contributed by atoms with E-state index in [0.717, 1.165) is 12.5 Å². The van der Waals surface area contributed by atoms with Crippen molar-refractivity contribution < 1.29 is 38.9 Å². The number of Topliss-reactive ketones (excluding diaryl/α,β-unsaturated/α-hetero) is 5. The molecule has 0 radical (unpaired) electrons. The summed E-state index contributed by atoms with van der Waals surface area (Å²) in [4.78, 5) is 68.5. The Bertz CT molecular complexity index is 1520. The summed E-state index contributed by atoms with van der Waals surface area (Å²) in [5.41, 5.74) is -3.34. The number of fused-ring (bicyclic) bond motifs is 3. The summed E-state index contributed by atoms with van der Waals surface area (Å²) in [5.74, 6) is -8.38. The SMILES string of the molecule is CCOc1cccc(-c2ccc(O)c3c2C[C@]2(C)C[C@]4(C)C(C(C)C)C(=O)C(C(C)=O)C(=O)[C@]4(O)C(=O)C2C3=O)c1. The van der Waals surface area contributed by atoms with Gasteiger partial charge >= 0.3 is 0 Å². The Balaban J connectivity index is 1.72. The van der Waals surface area contributed by atoms with Gasteiger partial charge in [0, 0.05) is 11.3 Å². The lowest BCUT2D eigenvalue weighted by atomic mass is 9.40. The molecule has 8 nitrogen and oxygen atoms in total. The zero-order valence-corrected chi connectivity index (χ0v) is 24.2. The summed E-state index contributed by atoms with van der Waals surface area (Å²) in [5, 5.41) is 23.0. The van der Waals surface area contributed by atoms with Crippen LogP contribution in [0.1, 0.15) is 63.9 Å². The molecule has 3 unspecified atom stereocenters. The molecule has 2 N–H and O–H groups in total. The maximum atomic E-state index is 14.4. The van der Waals surface area contributed by atoms with Crippen LogP contribution in [-0.2, 0) is 25.6 Å². The van der Waals surface area contributed by atoms with Crippen LogP contribution in [0.3, 0.4) is 0 Å². The number of ketones is 5. The molecule has 0 heterocycles.